The third-order valence-electron chi connectivity index (χ3n) is 2.83. The zero-order chi connectivity index (χ0) is 12.6. The molecule has 0 unspecified atom stereocenters. The minimum Gasteiger partial charge on any atom is -0.342 e. The van der Waals surface area contributed by atoms with Crippen LogP contribution in [0, 0.1) is 0 Å². The van der Waals surface area contributed by atoms with E-state index in [-0.39, 0.29) is 5.78 Å². The van der Waals surface area contributed by atoms with E-state index in [9.17, 15) is 4.79 Å². The number of ketones is 1. The fourth-order valence-corrected chi connectivity index (χ4v) is 2.45. The predicted molar refractivity (Wildman–Crippen MR) is 71.7 cm³/mol. The monoisotopic (exact) mass is 249 g/mol. The van der Waals surface area contributed by atoms with E-state index < -0.39 is 0 Å². The molecular formula is C14H16ClNO. The second-order valence-electron chi connectivity index (χ2n) is 4.68. The highest BCUT2D eigenvalue weighted by Crippen LogP contribution is 2.27. The van der Waals surface area contributed by atoms with Gasteiger partial charge in [0.2, 0.25) is 0 Å². The normalized spacial score (nSPS) is 11.4. The Morgan fingerprint density at radius 3 is 2.65 bits per heavy atom. The number of carbonyl (C=O) groups is 1. The van der Waals surface area contributed by atoms with Crippen molar-refractivity contribution in [2.45, 2.75) is 33.2 Å². The quantitative estimate of drug-likeness (QED) is 0.806. The van der Waals surface area contributed by atoms with Crippen molar-refractivity contribution in [2.24, 2.45) is 0 Å². The standard InChI is InChI=1S/C14H16ClNO/c1-9(2)16-13(6-10(3)17)8-11-7-12(15)4-5-14(11)16/h4-5,7-9H,6H2,1-3H3. The smallest absolute Gasteiger partial charge is 0.135 e. The van der Waals surface area contributed by atoms with E-state index in [4.69, 9.17) is 11.6 Å². The molecule has 2 aromatic rings. The van der Waals surface area contributed by atoms with Gasteiger partial charge >= 0.3 is 0 Å². The van der Waals surface area contributed by atoms with Crippen molar-refractivity contribution in [3.63, 3.8) is 0 Å². The van der Waals surface area contributed by atoms with Gasteiger partial charge in [0.05, 0.1) is 0 Å². The molecule has 0 aliphatic rings. The highest BCUT2D eigenvalue weighted by molar-refractivity contribution is 6.31. The number of Topliss-reactive ketones (excluding diaryl/α,β-unsaturated/α-hetero) is 1. The Labute approximate surface area is 106 Å². The number of nitrogens with zero attached hydrogens (tertiary/aromatic N) is 1. The summed E-state index contributed by atoms with van der Waals surface area (Å²) in [6.07, 6.45) is 0.477. The molecule has 0 saturated carbocycles. The lowest BCUT2D eigenvalue weighted by Gasteiger charge is -2.13. The summed E-state index contributed by atoms with van der Waals surface area (Å²) in [4.78, 5) is 11.3. The van der Waals surface area contributed by atoms with E-state index in [0.29, 0.717) is 12.5 Å². The van der Waals surface area contributed by atoms with Gasteiger partial charge in [0.15, 0.2) is 0 Å². The first-order valence-electron chi connectivity index (χ1n) is 5.78. The average Bonchev–Trinajstić information content (AvgIpc) is 2.53. The number of benzene rings is 1. The molecule has 0 fully saturated rings. The van der Waals surface area contributed by atoms with Gasteiger partial charge in [0, 0.05) is 34.1 Å². The number of rotatable bonds is 3. The van der Waals surface area contributed by atoms with Crippen molar-refractivity contribution < 1.29 is 4.79 Å². The first-order valence-corrected chi connectivity index (χ1v) is 6.15. The van der Waals surface area contributed by atoms with Crippen molar-refractivity contribution >= 4 is 28.3 Å². The van der Waals surface area contributed by atoms with Crippen molar-refractivity contribution in [3.8, 4) is 0 Å². The van der Waals surface area contributed by atoms with E-state index in [1.165, 1.54) is 0 Å². The summed E-state index contributed by atoms with van der Waals surface area (Å²) >= 11 is 5.99. The van der Waals surface area contributed by atoms with Crippen LogP contribution in [0.3, 0.4) is 0 Å². The molecule has 17 heavy (non-hydrogen) atoms. The summed E-state index contributed by atoms with van der Waals surface area (Å²) in [5.74, 6) is 0.181. The second kappa shape index (κ2) is 4.53. The van der Waals surface area contributed by atoms with Crippen LogP contribution in [0.15, 0.2) is 24.3 Å². The lowest BCUT2D eigenvalue weighted by Crippen LogP contribution is -2.08. The Kier molecular flexibility index (Phi) is 3.25. The SMILES string of the molecule is CC(=O)Cc1cc2cc(Cl)ccc2n1C(C)C. The van der Waals surface area contributed by atoms with Crippen LogP contribution in [-0.2, 0) is 11.2 Å². The zero-order valence-electron chi connectivity index (χ0n) is 10.3. The molecule has 0 aliphatic carbocycles. The molecule has 1 aromatic heterocycles. The van der Waals surface area contributed by atoms with Gasteiger partial charge in [-0.2, -0.15) is 0 Å². The zero-order valence-corrected chi connectivity index (χ0v) is 11.1. The van der Waals surface area contributed by atoms with Crippen LogP contribution in [0.2, 0.25) is 5.02 Å². The lowest BCUT2D eigenvalue weighted by atomic mass is 10.2. The van der Waals surface area contributed by atoms with Crippen LogP contribution < -0.4 is 0 Å². The molecule has 0 saturated heterocycles. The summed E-state index contributed by atoms with van der Waals surface area (Å²) in [7, 11) is 0. The molecule has 0 amide bonds. The first-order chi connectivity index (χ1) is 7.99. The molecule has 0 atom stereocenters. The first kappa shape index (κ1) is 12.2. The summed E-state index contributed by atoms with van der Waals surface area (Å²) < 4.78 is 2.20. The van der Waals surface area contributed by atoms with Gasteiger partial charge in [0.25, 0.3) is 0 Å². The Hall–Kier alpha value is -1.28. The van der Waals surface area contributed by atoms with Crippen LogP contribution >= 0.6 is 11.6 Å². The Morgan fingerprint density at radius 1 is 1.35 bits per heavy atom. The summed E-state index contributed by atoms with van der Waals surface area (Å²) in [5, 5.41) is 1.83. The number of halogens is 1. The van der Waals surface area contributed by atoms with Gasteiger partial charge in [-0.1, -0.05) is 11.6 Å². The van der Waals surface area contributed by atoms with Gasteiger partial charge in [-0.25, -0.2) is 0 Å². The van der Waals surface area contributed by atoms with E-state index in [1.54, 1.807) is 6.92 Å². The van der Waals surface area contributed by atoms with Crippen molar-refractivity contribution in [1.29, 1.82) is 0 Å². The van der Waals surface area contributed by atoms with E-state index in [0.717, 1.165) is 21.6 Å². The topological polar surface area (TPSA) is 22.0 Å². The molecule has 3 heteroatoms. The van der Waals surface area contributed by atoms with Gasteiger partial charge in [-0.3, -0.25) is 4.79 Å². The Balaban J connectivity index is 2.65. The third-order valence-corrected chi connectivity index (χ3v) is 3.06. The third kappa shape index (κ3) is 2.37. The number of hydrogen-bond acceptors (Lipinski definition) is 1. The van der Waals surface area contributed by atoms with Gasteiger partial charge in [0.1, 0.15) is 5.78 Å². The van der Waals surface area contributed by atoms with Gasteiger partial charge < -0.3 is 4.57 Å². The highest BCUT2D eigenvalue weighted by atomic mass is 35.5. The molecule has 2 rings (SSSR count). The second-order valence-corrected chi connectivity index (χ2v) is 5.12. The van der Waals surface area contributed by atoms with Crippen molar-refractivity contribution in [1.82, 2.24) is 4.57 Å². The maximum atomic E-state index is 11.3. The number of aromatic nitrogens is 1. The predicted octanol–water partition coefficient (Wildman–Crippen LogP) is 4.01. The fourth-order valence-electron chi connectivity index (χ4n) is 2.27. The largest absolute Gasteiger partial charge is 0.342 e. The number of hydrogen-bond donors (Lipinski definition) is 0. The molecular weight excluding hydrogens is 234 g/mol. The lowest BCUT2D eigenvalue weighted by molar-refractivity contribution is -0.116. The molecule has 0 radical (unpaired) electrons. The van der Waals surface area contributed by atoms with E-state index in [1.807, 2.05) is 18.2 Å². The maximum absolute atomic E-state index is 11.3. The van der Waals surface area contributed by atoms with Crippen LogP contribution in [-0.4, -0.2) is 10.4 Å². The van der Waals surface area contributed by atoms with Crippen molar-refractivity contribution in [2.75, 3.05) is 0 Å². The van der Waals surface area contributed by atoms with E-state index >= 15 is 0 Å². The van der Waals surface area contributed by atoms with Crippen molar-refractivity contribution in [3.05, 3.63) is 35.0 Å². The van der Waals surface area contributed by atoms with Crippen LogP contribution in [0.4, 0.5) is 0 Å². The van der Waals surface area contributed by atoms with Gasteiger partial charge in [-0.05, 0) is 45.0 Å². The molecule has 90 valence electrons. The van der Waals surface area contributed by atoms with E-state index in [2.05, 4.69) is 24.5 Å². The minimum absolute atomic E-state index is 0.181. The average molecular weight is 250 g/mol. The molecule has 1 heterocycles. The molecule has 0 aliphatic heterocycles. The molecule has 0 spiro atoms. The summed E-state index contributed by atoms with van der Waals surface area (Å²) in [6, 6.07) is 8.24. The Bertz CT molecular complexity index is 569. The minimum atomic E-state index is 0.181. The molecule has 0 N–H and O–H groups in total. The van der Waals surface area contributed by atoms with Crippen LogP contribution in [0.5, 0.6) is 0 Å². The van der Waals surface area contributed by atoms with Gasteiger partial charge in [-0.15, -0.1) is 0 Å². The molecule has 2 nitrogen and oxygen atoms in total. The summed E-state index contributed by atoms with van der Waals surface area (Å²) in [5.41, 5.74) is 2.20. The number of carbonyl (C=O) groups excluding carboxylic acids is 1. The molecule has 0 bridgehead atoms. The number of fused-ring (bicyclic) bond motifs is 1. The van der Waals surface area contributed by atoms with Crippen LogP contribution in [0.1, 0.15) is 32.5 Å². The molecule has 1 aromatic carbocycles. The Morgan fingerprint density at radius 2 is 2.06 bits per heavy atom. The highest BCUT2D eigenvalue weighted by Gasteiger charge is 2.12. The summed E-state index contributed by atoms with van der Waals surface area (Å²) in [6.45, 7) is 5.87. The van der Waals surface area contributed by atoms with Crippen LogP contribution in [0.25, 0.3) is 10.9 Å². The fraction of sp³-hybridized carbons (Fsp3) is 0.357. The maximum Gasteiger partial charge on any atom is 0.135 e.